The third-order valence-corrected chi connectivity index (χ3v) is 7.04. The van der Waals surface area contributed by atoms with Gasteiger partial charge in [0.15, 0.2) is 0 Å². The van der Waals surface area contributed by atoms with Crippen molar-refractivity contribution in [3.63, 3.8) is 0 Å². The van der Waals surface area contributed by atoms with E-state index >= 15 is 0 Å². The molecule has 1 N–H and O–H groups in total. The van der Waals surface area contributed by atoms with Crippen LogP contribution in [0.25, 0.3) is 10.9 Å². The van der Waals surface area contributed by atoms with Crippen molar-refractivity contribution in [1.29, 1.82) is 0 Å². The second kappa shape index (κ2) is 6.44. The van der Waals surface area contributed by atoms with E-state index in [1.165, 1.54) is 19.1 Å². The van der Waals surface area contributed by atoms with E-state index in [2.05, 4.69) is 4.72 Å². The molecule has 1 aliphatic heterocycles. The molecule has 0 aliphatic carbocycles. The van der Waals surface area contributed by atoms with E-state index in [-0.39, 0.29) is 21.7 Å². The standard InChI is InChI=1S/C21H21FN2O3S/c1-12-10-20(25)24-9-5-6-15-13(2)19(11-16(12)21(15)24)28(26,27)23-18-8-4-7-17(22)14(18)3/h4,7-8,10-11,23H,5-6,9H2,1-3H3. The molecule has 0 fully saturated rings. The monoisotopic (exact) mass is 400 g/mol. The van der Waals surface area contributed by atoms with Gasteiger partial charge in [-0.1, -0.05) is 6.07 Å². The van der Waals surface area contributed by atoms with Gasteiger partial charge in [-0.15, -0.1) is 0 Å². The molecule has 5 nitrogen and oxygen atoms in total. The lowest BCUT2D eigenvalue weighted by Gasteiger charge is -2.24. The summed E-state index contributed by atoms with van der Waals surface area (Å²) < 4.78 is 44.5. The average Bonchev–Trinajstić information content (AvgIpc) is 2.64. The molecular formula is C21H21FN2O3S. The van der Waals surface area contributed by atoms with Crippen LogP contribution in [-0.2, 0) is 23.0 Å². The number of aromatic nitrogens is 1. The Bertz CT molecular complexity index is 1290. The molecule has 28 heavy (non-hydrogen) atoms. The summed E-state index contributed by atoms with van der Waals surface area (Å²) in [6, 6.07) is 7.48. The lowest BCUT2D eigenvalue weighted by Crippen LogP contribution is -2.26. The lowest BCUT2D eigenvalue weighted by molar-refractivity contribution is 0.597. The van der Waals surface area contributed by atoms with Gasteiger partial charge in [-0.3, -0.25) is 9.52 Å². The SMILES string of the molecule is Cc1c(F)cccc1NS(=O)(=O)c1cc2c(C)cc(=O)n3c2c(c1C)CCC3. The van der Waals surface area contributed by atoms with Gasteiger partial charge >= 0.3 is 0 Å². The van der Waals surface area contributed by atoms with Crippen molar-refractivity contribution in [1.82, 2.24) is 4.57 Å². The minimum absolute atomic E-state index is 0.0607. The predicted octanol–water partition coefficient (Wildman–Crippen LogP) is 3.81. The molecule has 0 unspecified atom stereocenters. The summed E-state index contributed by atoms with van der Waals surface area (Å²) in [5.74, 6) is -0.467. The van der Waals surface area contributed by atoms with Crippen molar-refractivity contribution in [3.05, 3.63) is 68.8 Å². The predicted molar refractivity (Wildman–Crippen MR) is 108 cm³/mol. The zero-order chi connectivity index (χ0) is 20.2. The number of hydrogen-bond donors (Lipinski definition) is 1. The van der Waals surface area contributed by atoms with Gasteiger partial charge in [0.05, 0.1) is 16.1 Å². The first-order chi connectivity index (χ1) is 13.2. The van der Waals surface area contributed by atoms with Gasteiger partial charge in [0, 0.05) is 23.6 Å². The van der Waals surface area contributed by atoms with Gasteiger partial charge < -0.3 is 4.57 Å². The Morgan fingerprint density at radius 2 is 1.86 bits per heavy atom. The highest BCUT2D eigenvalue weighted by Crippen LogP contribution is 2.34. The minimum Gasteiger partial charge on any atom is -0.308 e. The molecule has 1 aromatic heterocycles. The Labute approximate surface area is 162 Å². The fourth-order valence-electron chi connectivity index (χ4n) is 4.00. The number of sulfonamides is 1. The summed E-state index contributed by atoms with van der Waals surface area (Å²) >= 11 is 0. The van der Waals surface area contributed by atoms with Crippen molar-refractivity contribution in [2.45, 2.75) is 45.1 Å². The highest BCUT2D eigenvalue weighted by atomic mass is 32.2. The third-order valence-electron chi connectivity index (χ3n) is 5.55. The normalized spacial score (nSPS) is 13.7. The van der Waals surface area contributed by atoms with E-state index in [1.807, 2.05) is 6.92 Å². The van der Waals surface area contributed by atoms with Gasteiger partial charge in [-0.2, -0.15) is 0 Å². The van der Waals surface area contributed by atoms with E-state index in [1.54, 1.807) is 29.7 Å². The highest BCUT2D eigenvalue weighted by Gasteiger charge is 2.25. The van der Waals surface area contributed by atoms with Gasteiger partial charge in [0.1, 0.15) is 5.82 Å². The van der Waals surface area contributed by atoms with Gasteiger partial charge in [0.25, 0.3) is 15.6 Å². The summed E-state index contributed by atoms with van der Waals surface area (Å²) in [6.45, 7) is 5.75. The van der Waals surface area contributed by atoms with Crippen LogP contribution < -0.4 is 10.3 Å². The topological polar surface area (TPSA) is 68.2 Å². The number of nitrogens with zero attached hydrogens (tertiary/aromatic N) is 1. The molecule has 0 bridgehead atoms. The first-order valence-corrected chi connectivity index (χ1v) is 10.6. The maximum absolute atomic E-state index is 13.8. The van der Waals surface area contributed by atoms with Crippen molar-refractivity contribution in [2.24, 2.45) is 0 Å². The quantitative estimate of drug-likeness (QED) is 0.727. The van der Waals surface area contributed by atoms with E-state index in [0.717, 1.165) is 28.5 Å². The Kier molecular flexibility index (Phi) is 4.30. The van der Waals surface area contributed by atoms with Crippen LogP contribution in [0.15, 0.2) is 40.0 Å². The third kappa shape index (κ3) is 2.81. The van der Waals surface area contributed by atoms with Crippen molar-refractivity contribution >= 4 is 26.6 Å². The second-order valence-electron chi connectivity index (χ2n) is 7.31. The van der Waals surface area contributed by atoms with Crippen molar-refractivity contribution < 1.29 is 12.8 Å². The molecule has 2 heterocycles. The van der Waals surface area contributed by atoms with Crippen LogP contribution in [0, 0.1) is 26.6 Å². The number of aryl methyl sites for hydroxylation is 3. The summed E-state index contributed by atoms with van der Waals surface area (Å²) in [6.07, 6.45) is 1.50. The van der Waals surface area contributed by atoms with Crippen LogP contribution in [0.5, 0.6) is 0 Å². The van der Waals surface area contributed by atoms with Crippen molar-refractivity contribution in [2.75, 3.05) is 4.72 Å². The van der Waals surface area contributed by atoms with Crippen LogP contribution in [0.1, 0.15) is 28.7 Å². The molecule has 1 aliphatic rings. The number of anilines is 1. The molecule has 2 aromatic carbocycles. The molecule has 0 spiro atoms. The number of pyridine rings is 1. The zero-order valence-electron chi connectivity index (χ0n) is 16.0. The largest absolute Gasteiger partial charge is 0.308 e. The van der Waals surface area contributed by atoms with E-state index in [0.29, 0.717) is 18.5 Å². The van der Waals surface area contributed by atoms with Gasteiger partial charge in [-0.25, -0.2) is 12.8 Å². The fourth-order valence-corrected chi connectivity index (χ4v) is 5.42. The number of halogens is 1. The molecule has 4 rings (SSSR count). The average molecular weight is 400 g/mol. The Hall–Kier alpha value is -2.67. The van der Waals surface area contributed by atoms with Crippen molar-refractivity contribution in [3.8, 4) is 0 Å². The van der Waals surface area contributed by atoms with Gasteiger partial charge in [0.2, 0.25) is 0 Å². The summed E-state index contributed by atoms with van der Waals surface area (Å²) in [5, 5.41) is 0.760. The highest BCUT2D eigenvalue weighted by molar-refractivity contribution is 7.92. The van der Waals surface area contributed by atoms with Crippen LogP contribution in [0.4, 0.5) is 10.1 Å². The van der Waals surface area contributed by atoms with E-state index < -0.39 is 15.8 Å². The first kappa shape index (κ1) is 18.7. The molecule has 0 radical (unpaired) electrons. The summed E-state index contributed by atoms with van der Waals surface area (Å²) in [5.41, 5.74) is 3.50. The second-order valence-corrected chi connectivity index (χ2v) is 8.96. The lowest BCUT2D eigenvalue weighted by atomic mass is 9.95. The molecule has 3 aromatic rings. The number of benzene rings is 2. The molecule has 0 saturated heterocycles. The molecule has 7 heteroatoms. The van der Waals surface area contributed by atoms with Crippen LogP contribution in [-0.4, -0.2) is 13.0 Å². The van der Waals surface area contributed by atoms with Crippen LogP contribution >= 0.6 is 0 Å². The molecular weight excluding hydrogens is 379 g/mol. The van der Waals surface area contributed by atoms with E-state index in [9.17, 15) is 17.6 Å². The van der Waals surface area contributed by atoms with Crippen LogP contribution in [0.3, 0.4) is 0 Å². The molecule has 146 valence electrons. The minimum atomic E-state index is -3.93. The Balaban J connectivity index is 1.96. The first-order valence-electron chi connectivity index (χ1n) is 9.15. The fraction of sp³-hybridized carbons (Fsp3) is 0.286. The van der Waals surface area contributed by atoms with E-state index in [4.69, 9.17) is 0 Å². The zero-order valence-corrected chi connectivity index (χ0v) is 16.8. The number of nitrogens with one attached hydrogen (secondary N) is 1. The van der Waals surface area contributed by atoms with Gasteiger partial charge in [-0.05, 0) is 68.5 Å². The smallest absolute Gasteiger partial charge is 0.262 e. The van der Waals surface area contributed by atoms with Crippen LogP contribution in [0.2, 0.25) is 0 Å². The molecule has 0 amide bonds. The number of hydrogen-bond acceptors (Lipinski definition) is 3. The Morgan fingerprint density at radius 1 is 1.11 bits per heavy atom. The summed E-state index contributed by atoms with van der Waals surface area (Å²) in [7, 11) is -3.93. The Morgan fingerprint density at radius 3 is 2.61 bits per heavy atom. The maximum Gasteiger partial charge on any atom is 0.262 e. The molecule has 0 saturated carbocycles. The number of rotatable bonds is 3. The maximum atomic E-state index is 13.8. The molecule has 0 atom stereocenters. The summed E-state index contributed by atoms with van der Waals surface area (Å²) in [4.78, 5) is 12.5.